The maximum Gasteiger partial charge on any atom is 0.318 e. The fraction of sp³-hybridized carbons (Fsp3) is 0.455. The Hall–Kier alpha value is -2.56. The van der Waals surface area contributed by atoms with Crippen molar-refractivity contribution in [2.24, 2.45) is 0 Å². The number of pyridine rings is 1. The number of urea groups is 1. The Morgan fingerprint density at radius 2 is 1.81 bits per heavy atom. The summed E-state index contributed by atoms with van der Waals surface area (Å²) in [4.78, 5) is 19.0. The highest BCUT2D eigenvalue weighted by Crippen LogP contribution is 2.28. The number of hydrogen-bond donors (Lipinski definition) is 1. The van der Waals surface area contributed by atoms with Crippen LogP contribution in [-0.2, 0) is 13.1 Å². The minimum atomic E-state index is -0.00682. The molecule has 0 atom stereocenters. The highest BCUT2D eigenvalue weighted by atomic mass is 16.5. The first-order chi connectivity index (χ1) is 13.3. The van der Waals surface area contributed by atoms with E-state index in [1.807, 2.05) is 35.2 Å². The molecule has 0 unspecified atom stereocenters. The zero-order valence-electron chi connectivity index (χ0n) is 15.6. The third kappa shape index (κ3) is 5.00. The second kappa shape index (κ2) is 8.42. The van der Waals surface area contributed by atoms with Gasteiger partial charge in [-0.1, -0.05) is 36.4 Å². The number of carbonyl (C=O) groups is 1. The van der Waals surface area contributed by atoms with Crippen molar-refractivity contribution in [3.8, 4) is 5.88 Å². The van der Waals surface area contributed by atoms with Gasteiger partial charge in [-0.3, -0.25) is 0 Å². The molecule has 2 aliphatic carbocycles. The van der Waals surface area contributed by atoms with Crippen molar-refractivity contribution in [2.45, 2.75) is 63.8 Å². The quantitative estimate of drug-likeness (QED) is 0.797. The normalized spacial score (nSPS) is 16.9. The summed E-state index contributed by atoms with van der Waals surface area (Å²) in [6, 6.07) is 14.4. The van der Waals surface area contributed by atoms with Gasteiger partial charge in [0.25, 0.3) is 0 Å². The summed E-state index contributed by atoms with van der Waals surface area (Å²) < 4.78 is 5.89. The summed E-state index contributed by atoms with van der Waals surface area (Å²) in [6.45, 7) is 1.14. The van der Waals surface area contributed by atoms with Crippen LogP contribution in [-0.4, -0.2) is 28.1 Å². The first kappa shape index (κ1) is 17.8. The number of nitrogens with zero attached hydrogens (tertiary/aromatic N) is 2. The van der Waals surface area contributed by atoms with Crippen molar-refractivity contribution in [1.82, 2.24) is 15.2 Å². The van der Waals surface area contributed by atoms with Crippen molar-refractivity contribution in [1.29, 1.82) is 0 Å². The Bertz CT molecular complexity index is 738. The summed E-state index contributed by atoms with van der Waals surface area (Å²) in [7, 11) is 0. The lowest BCUT2D eigenvalue weighted by atomic mass is 10.2. The molecule has 1 heterocycles. The topological polar surface area (TPSA) is 54.5 Å². The summed E-state index contributed by atoms with van der Waals surface area (Å²) >= 11 is 0. The van der Waals surface area contributed by atoms with Crippen LogP contribution < -0.4 is 10.1 Å². The van der Waals surface area contributed by atoms with Crippen LogP contribution in [0.4, 0.5) is 4.79 Å². The van der Waals surface area contributed by atoms with Crippen molar-refractivity contribution in [3.63, 3.8) is 0 Å². The lowest BCUT2D eigenvalue weighted by Crippen LogP contribution is -2.40. The molecule has 2 aromatic rings. The second-order valence-electron chi connectivity index (χ2n) is 7.53. The van der Waals surface area contributed by atoms with Gasteiger partial charge in [0.1, 0.15) is 6.10 Å². The first-order valence-electron chi connectivity index (χ1n) is 9.98. The van der Waals surface area contributed by atoms with E-state index in [2.05, 4.69) is 22.4 Å². The van der Waals surface area contributed by atoms with Crippen molar-refractivity contribution >= 4 is 6.03 Å². The van der Waals surface area contributed by atoms with Gasteiger partial charge in [-0.25, -0.2) is 9.78 Å². The predicted octanol–water partition coefficient (Wildman–Crippen LogP) is 4.28. The number of amides is 2. The van der Waals surface area contributed by atoms with Crippen LogP contribution in [0.2, 0.25) is 0 Å². The fourth-order valence-corrected chi connectivity index (χ4v) is 3.57. The van der Waals surface area contributed by atoms with E-state index in [1.165, 1.54) is 12.8 Å². The molecule has 27 heavy (non-hydrogen) atoms. The minimum absolute atomic E-state index is 0.00682. The number of rotatable bonds is 7. The van der Waals surface area contributed by atoms with Gasteiger partial charge >= 0.3 is 6.03 Å². The SMILES string of the molecule is O=C(NCc1ccc(OC2CCCC2)nc1)N(Cc1ccccc1)C1CC1. The number of carbonyl (C=O) groups excluding carboxylic acids is 1. The van der Waals surface area contributed by atoms with Crippen LogP contribution in [0.3, 0.4) is 0 Å². The zero-order chi connectivity index (χ0) is 18.5. The third-order valence-electron chi connectivity index (χ3n) is 5.28. The van der Waals surface area contributed by atoms with E-state index in [9.17, 15) is 4.79 Å². The van der Waals surface area contributed by atoms with Crippen LogP contribution in [0.15, 0.2) is 48.7 Å². The van der Waals surface area contributed by atoms with Gasteiger partial charge in [-0.2, -0.15) is 0 Å². The molecule has 0 bridgehead atoms. The van der Waals surface area contributed by atoms with E-state index in [-0.39, 0.29) is 6.03 Å². The predicted molar refractivity (Wildman–Crippen MR) is 104 cm³/mol. The smallest absolute Gasteiger partial charge is 0.318 e. The van der Waals surface area contributed by atoms with Crippen LogP contribution in [0.1, 0.15) is 49.7 Å². The van der Waals surface area contributed by atoms with E-state index in [4.69, 9.17) is 4.74 Å². The average molecular weight is 365 g/mol. The summed E-state index contributed by atoms with van der Waals surface area (Å²) in [5, 5.41) is 3.04. The average Bonchev–Trinajstić information content (AvgIpc) is 3.42. The molecule has 0 radical (unpaired) electrons. The lowest BCUT2D eigenvalue weighted by Gasteiger charge is -2.23. The fourth-order valence-electron chi connectivity index (χ4n) is 3.57. The number of hydrogen-bond acceptors (Lipinski definition) is 3. The molecule has 142 valence electrons. The molecule has 0 saturated heterocycles. The zero-order valence-corrected chi connectivity index (χ0v) is 15.6. The Morgan fingerprint density at radius 1 is 1.04 bits per heavy atom. The molecule has 0 aliphatic heterocycles. The van der Waals surface area contributed by atoms with Crippen LogP contribution in [0, 0.1) is 0 Å². The molecule has 1 N–H and O–H groups in total. The Balaban J connectivity index is 1.29. The van der Waals surface area contributed by atoms with E-state index < -0.39 is 0 Å². The molecule has 2 saturated carbocycles. The molecule has 2 amide bonds. The number of nitrogens with one attached hydrogen (secondary N) is 1. The molecule has 4 rings (SSSR count). The van der Waals surface area contributed by atoms with E-state index >= 15 is 0 Å². The standard InChI is InChI=1S/C22H27N3O2/c26-22(25(19-11-12-19)16-17-6-2-1-3-7-17)24-15-18-10-13-21(23-14-18)27-20-8-4-5-9-20/h1-3,6-7,10,13-14,19-20H,4-5,8-9,11-12,15-16H2,(H,24,26). The highest BCUT2D eigenvalue weighted by molar-refractivity contribution is 5.75. The number of ether oxygens (including phenoxy) is 1. The summed E-state index contributed by atoms with van der Waals surface area (Å²) in [5.41, 5.74) is 2.15. The molecule has 1 aromatic heterocycles. The number of benzene rings is 1. The first-order valence-corrected chi connectivity index (χ1v) is 9.98. The highest BCUT2D eigenvalue weighted by Gasteiger charge is 2.32. The van der Waals surface area contributed by atoms with Crippen molar-refractivity contribution < 1.29 is 9.53 Å². The maximum atomic E-state index is 12.7. The Morgan fingerprint density at radius 3 is 2.48 bits per heavy atom. The summed E-state index contributed by atoms with van der Waals surface area (Å²) in [5.74, 6) is 0.681. The summed E-state index contributed by atoms with van der Waals surface area (Å²) in [6.07, 6.45) is 9.03. The largest absolute Gasteiger partial charge is 0.474 e. The van der Waals surface area contributed by atoms with Crippen LogP contribution >= 0.6 is 0 Å². The Labute approximate surface area is 160 Å². The van der Waals surface area contributed by atoms with Gasteiger partial charge in [0.2, 0.25) is 5.88 Å². The molecule has 1 aromatic carbocycles. The molecule has 2 aliphatic rings. The molecule has 5 nitrogen and oxygen atoms in total. The minimum Gasteiger partial charge on any atom is -0.474 e. The molecular weight excluding hydrogens is 338 g/mol. The van der Waals surface area contributed by atoms with E-state index in [0.29, 0.717) is 31.1 Å². The number of aromatic nitrogens is 1. The van der Waals surface area contributed by atoms with Gasteiger partial charge in [-0.05, 0) is 49.7 Å². The van der Waals surface area contributed by atoms with Gasteiger partial charge in [0, 0.05) is 31.4 Å². The lowest BCUT2D eigenvalue weighted by molar-refractivity contribution is 0.191. The molecular formula is C22H27N3O2. The van der Waals surface area contributed by atoms with Gasteiger partial charge in [0.15, 0.2) is 0 Å². The van der Waals surface area contributed by atoms with E-state index in [1.54, 1.807) is 6.20 Å². The van der Waals surface area contributed by atoms with Crippen LogP contribution in [0.25, 0.3) is 0 Å². The maximum absolute atomic E-state index is 12.7. The third-order valence-corrected chi connectivity index (χ3v) is 5.28. The van der Waals surface area contributed by atoms with Gasteiger partial charge < -0.3 is 15.0 Å². The monoisotopic (exact) mass is 365 g/mol. The molecule has 0 spiro atoms. The van der Waals surface area contributed by atoms with Crippen molar-refractivity contribution in [2.75, 3.05) is 0 Å². The van der Waals surface area contributed by atoms with Gasteiger partial charge in [-0.15, -0.1) is 0 Å². The van der Waals surface area contributed by atoms with Crippen molar-refractivity contribution in [3.05, 3.63) is 59.8 Å². The van der Waals surface area contributed by atoms with E-state index in [0.717, 1.165) is 36.8 Å². The second-order valence-corrected chi connectivity index (χ2v) is 7.53. The Kier molecular flexibility index (Phi) is 5.56. The molecule has 5 heteroatoms. The van der Waals surface area contributed by atoms with Gasteiger partial charge in [0.05, 0.1) is 0 Å². The molecule has 2 fully saturated rings. The van der Waals surface area contributed by atoms with Crippen LogP contribution in [0.5, 0.6) is 5.88 Å².